The molecule has 0 radical (unpaired) electrons. The van der Waals surface area contributed by atoms with E-state index in [2.05, 4.69) is 29.9 Å². The van der Waals surface area contributed by atoms with E-state index in [1.54, 1.807) is 17.7 Å². The van der Waals surface area contributed by atoms with Crippen molar-refractivity contribution in [2.24, 2.45) is 7.05 Å². The van der Waals surface area contributed by atoms with Crippen LogP contribution in [0.25, 0.3) is 22.0 Å². The minimum Gasteiger partial charge on any atom is -0.341 e. The third-order valence-corrected chi connectivity index (χ3v) is 6.39. The quantitative estimate of drug-likeness (QED) is 0.650. The van der Waals surface area contributed by atoms with Crippen molar-refractivity contribution in [1.29, 1.82) is 0 Å². The minimum absolute atomic E-state index is 0.00211. The van der Waals surface area contributed by atoms with Crippen molar-refractivity contribution < 1.29 is 4.79 Å². The van der Waals surface area contributed by atoms with Gasteiger partial charge in [0.05, 0.1) is 18.1 Å². The third-order valence-electron chi connectivity index (χ3n) is 6.39. The van der Waals surface area contributed by atoms with Crippen LogP contribution in [-0.4, -0.2) is 63.8 Å². The number of carbonyl (C=O) groups is 1. The molecule has 0 saturated carbocycles. The van der Waals surface area contributed by atoms with Crippen molar-refractivity contribution in [3.63, 3.8) is 0 Å². The van der Waals surface area contributed by atoms with Crippen molar-refractivity contribution in [2.75, 3.05) is 33.7 Å². The molecule has 1 saturated heterocycles. The molecular weight excluding hydrogens is 390 g/mol. The summed E-state index contributed by atoms with van der Waals surface area (Å²) in [5, 5.41) is 6.00. The Morgan fingerprint density at radius 2 is 1.87 bits per heavy atom. The number of fused-ring (bicyclic) bond motifs is 1. The van der Waals surface area contributed by atoms with Crippen LogP contribution in [-0.2, 0) is 11.8 Å². The zero-order valence-corrected chi connectivity index (χ0v) is 19.1. The van der Waals surface area contributed by atoms with E-state index < -0.39 is 0 Å². The van der Waals surface area contributed by atoms with Crippen LogP contribution in [0.5, 0.6) is 0 Å². The summed E-state index contributed by atoms with van der Waals surface area (Å²) in [7, 11) is 5.65. The lowest BCUT2D eigenvalue weighted by Crippen LogP contribution is -2.43. The summed E-state index contributed by atoms with van der Waals surface area (Å²) >= 11 is 0. The number of rotatable bonds is 4. The molecule has 1 fully saturated rings. The fourth-order valence-corrected chi connectivity index (χ4v) is 4.46. The Hall–Kier alpha value is -2.93. The largest absolute Gasteiger partial charge is 0.341 e. The standard InChI is InChI=1S/C24H31N5O2/c1-16-12-18(21-6-7-22(30)27(5)17(21)2)13-19-14-29(25-24(16)19)20-8-10-28(11-9-20)23(31)15-26(3)4/h6-7,12-14,20H,8-11,15H2,1-5H3. The predicted molar refractivity (Wildman–Crippen MR) is 123 cm³/mol. The van der Waals surface area contributed by atoms with Gasteiger partial charge in [0.25, 0.3) is 0 Å². The number of hydrogen-bond donors (Lipinski definition) is 0. The van der Waals surface area contributed by atoms with Crippen LogP contribution in [0.3, 0.4) is 0 Å². The second kappa shape index (κ2) is 8.30. The lowest BCUT2D eigenvalue weighted by atomic mass is 10.00. The Morgan fingerprint density at radius 1 is 1.16 bits per heavy atom. The van der Waals surface area contributed by atoms with Crippen LogP contribution in [0.4, 0.5) is 0 Å². The highest BCUT2D eigenvalue weighted by atomic mass is 16.2. The Balaban J connectivity index is 1.58. The van der Waals surface area contributed by atoms with Gasteiger partial charge in [0.2, 0.25) is 11.5 Å². The van der Waals surface area contributed by atoms with Gasteiger partial charge in [0.1, 0.15) is 0 Å². The van der Waals surface area contributed by atoms with E-state index in [-0.39, 0.29) is 11.5 Å². The molecule has 0 bridgehead atoms. The monoisotopic (exact) mass is 421 g/mol. The Bertz CT molecular complexity index is 1180. The molecule has 31 heavy (non-hydrogen) atoms. The van der Waals surface area contributed by atoms with E-state index in [9.17, 15) is 9.59 Å². The molecular formula is C24H31N5O2. The predicted octanol–water partition coefficient (Wildman–Crippen LogP) is 2.74. The highest BCUT2D eigenvalue weighted by Crippen LogP contribution is 2.30. The van der Waals surface area contributed by atoms with Crippen molar-refractivity contribution in [1.82, 2.24) is 24.1 Å². The number of aryl methyl sites for hydroxylation is 1. The molecule has 1 amide bonds. The van der Waals surface area contributed by atoms with Crippen LogP contribution >= 0.6 is 0 Å². The van der Waals surface area contributed by atoms with E-state index in [4.69, 9.17) is 5.10 Å². The number of benzene rings is 1. The molecule has 0 unspecified atom stereocenters. The second-order valence-electron chi connectivity index (χ2n) is 8.92. The van der Waals surface area contributed by atoms with Crippen molar-refractivity contribution in [2.45, 2.75) is 32.7 Å². The summed E-state index contributed by atoms with van der Waals surface area (Å²) in [5.74, 6) is 0.196. The minimum atomic E-state index is 0.00211. The maximum atomic E-state index is 12.3. The number of piperidine rings is 1. The zero-order chi connectivity index (χ0) is 22.3. The van der Waals surface area contributed by atoms with Gasteiger partial charge in [-0.15, -0.1) is 0 Å². The molecule has 1 aliphatic heterocycles. The first-order chi connectivity index (χ1) is 14.7. The fraction of sp³-hybridized carbons (Fsp3) is 0.458. The molecule has 0 atom stereocenters. The van der Waals surface area contributed by atoms with E-state index in [0.717, 1.165) is 59.2 Å². The topological polar surface area (TPSA) is 63.4 Å². The van der Waals surface area contributed by atoms with Crippen LogP contribution < -0.4 is 5.56 Å². The molecule has 164 valence electrons. The van der Waals surface area contributed by atoms with E-state index >= 15 is 0 Å². The van der Waals surface area contributed by atoms with Crippen LogP contribution in [0.1, 0.15) is 30.1 Å². The van der Waals surface area contributed by atoms with Gasteiger partial charge in [0.15, 0.2) is 0 Å². The maximum absolute atomic E-state index is 12.3. The Kier molecular flexibility index (Phi) is 5.71. The van der Waals surface area contributed by atoms with Crippen LogP contribution in [0, 0.1) is 13.8 Å². The smallest absolute Gasteiger partial charge is 0.250 e. The van der Waals surface area contributed by atoms with Gasteiger partial charge in [-0.3, -0.25) is 14.3 Å². The first-order valence-corrected chi connectivity index (χ1v) is 10.8. The van der Waals surface area contributed by atoms with Gasteiger partial charge < -0.3 is 14.4 Å². The number of amides is 1. The fourth-order valence-electron chi connectivity index (χ4n) is 4.46. The summed E-state index contributed by atoms with van der Waals surface area (Å²) in [6.45, 7) is 6.07. The van der Waals surface area contributed by atoms with Gasteiger partial charge in [0, 0.05) is 49.0 Å². The molecule has 4 rings (SSSR count). The third kappa shape index (κ3) is 4.14. The van der Waals surface area contributed by atoms with Gasteiger partial charge in [-0.05, 0) is 70.1 Å². The van der Waals surface area contributed by atoms with E-state index in [0.29, 0.717) is 12.6 Å². The molecule has 1 aromatic carbocycles. The van der Waals surface area contributed by atoms with Gasteiger partial charge >= 0.3 is 0 Å². The average molecular weight is 422 g/mol. The average Bonchev–Trinajstić information content (AvgIpc) is 3.16. The normalized spacial score (nSPS) is 15.2. The van der Waals surface area contributed by atoms with Crippen molar-refractivity contribution in [3.8, 4) is 11.1 Å². The lowest BCUT2D eigenvalue weighted by molar-refractivity contribution is -0.133. The molecule has 2 aromatic heterocycles. The van der Waals surface area contributed by atoms with E-state index in [1.807, 2.05) is 36.9 Å². The SMILES string of the molecule is Cc1cc(-c2ccc(=O)n(C)c2C)cc2cn(C3CCN(C(=O)CN(C)C)CC3)nc12. The van der Waals surface area contributed by atoms with Crippen LogP contribution in [0.2, 0.25) is 0 Å². The number of nitrogens with zero attached hydrogens (tertiary/aromatic N) is 5. The van der Waals surface area contributed by atoms with E-state index in [1.165, 1.54) is 0 Å². The maximum Gasteiger partial charge on any atom is 0.250 e. The Morgan fingerprint density at radius 3 is 2.55 bits per heavy atom. The molecule has 7 heteroatoms. The second-order valence-corrected chi connectivity index (χ2v) is 8.92. The number of pyridine rings is 1. The highest BCUT2D eigenvalue weighted by molar-refractivity contribution is 5.87. The Labute approximate surface area is 182 Å². The molecule has 3 aromatic rings. The van der Waals surface area contributed by atoms with Crippen LogP contribution in [0.15, 0.2) is 35.3 Å². The first-order valence-electron chi connectivity index (χ1n) is 10.8. The molecule has 0 spiro atoms. The lowest BCUT2D eigenvalue weighted by Gasteiger charge is -2.32. The molecule has 0 aliphatic carbocycles. The summed E-state index contributed by atoms with van der Waals surface area (Å²) in [5.41, 5.74) is 5.25. The van der Waals surface area contributed by atoms with Gasteiger partial charge in [-0.2, -0.15) is 5.10 Å². The number of aromatic nitrogens is 3. The van der Waals surface area contributed by atoms with Gasteiger partial charge in [-0.1, -0.05) is 0 Å². The summed E-state index contributed by atoms with van der Waals surface area (Å²) < 4.78 is 3.77. The number of likely N-dealkylation sites (N-methyl/N-ethyl adjacent to an activating group) is 1. The molecule has 3 heterocycles. The summed E-state index contributed by atoms with van der Waals surface area (Å²) in [4.78, 5) is 28.1. The number of carbonyl (C=O) groups excluding carboxylic acids is 1. The first kappa shape index (κ1) is 21.3. The molecule has 7 nitrogen and oxygen atoms in total. The number of hydrogen-bond acceptors (Lipinski definition) is 4. The zero-order valence-electron chi connectivity index (χ0n) is 19.1. The van der Waals surface area contributed by atoms with Crippen molar-refractivity contribution >= 4 is 16.8 Å². The van der Waals surface area contributed by atoms with Crippen molar-refractivity contribution in [3.05, 3.63) is 52.1 Å². The molecule has 0 N–H and O–H groups in total. The highest BCUT2D eigenvalue weighted by Gasteiger charge is 2.25. The summed E-state index contributed by atoms with van der Waals surface area (Å²) in [6, 6.07) is 8.14. The van der Waals surface area contributed by atoms with Gasteiger partial charge in [-0.25, -0.2) is 0 Å². The summed E-state index contributed by atoms with van der Waals surface area (Å²) in [6.07, 6.45) is 3.96. The number of likely N-dealkylation sites (tertiary alicyclic amines) is 1. The molecule has 1 aliphatic rings.